The Hall–Kier alpha value is -1.92. The highest BCUT2D eigenvalue weighted by molar-refractivity contribution is 6.00. The van der Waals surface area contributed by atoms with Crippen molar-refractivity contribution in [2.45, 2.75) is 13.1 Å². The third-order valence-corrected chi connectivity index (χ3v) is 2.59. The Morgan fingerprint density at radius 1 is 1.42 bits per heavy atom. The zero-order valence-electron chi connectivity index (χ0n) is 10.7. The molecular weight excluding hydrogens is 259 g/mol. The second-order valence-electron chi connectivity index (χ2n) is 3.99. The number of halogens is 3. The van der Waals surface area contributed by atoms with Crippen LogP contribution in [0.2, 0.25) is 0 Å². The molecule has 1 rings (SSSR count). The van der Waals surface area contributed by atoms with Crippen LogP contribution in [0.5, 0.6) is 0 Å². The molecule has 3 N–H and O–H groups in total. The van der Waals surface area contributed by atoms with E-state index in [1.54, 1.807) is 6.92 Å². The average Bonchev–Trinajstić information content (AvgIpc) is 2.33. The van der Waals surface area contributed by atoms with E-state index >= 15 is 0 Å². The normalized spacial score (nSPS) is 11.2. The largest absolute Gasteiger partial charge is 0.405 e. The van der Waals surface area contributed by atoms with Gasteiger partial charge >= 0.3 is 6.18 Å². The fraction of sp³-hybridized carbons (Fsp3) is 0.417. The maximum atomic E-state index is 12.5. The molecule has 0 aliphatic heterocycles. The molecule has 0 unspecified atom stereocenters. The summed E-state index contributed by atoms with van der Waals surface area (Å²) in [5, 5.41) is 2.40. The van der Waals surface area contributed by atoms with Gasteiger partial charge in [0.1, 0.15) is 6.54 Å². The predicted octanol–water partition coefficient (Wildman–Crippen LogP) is 2.02. The molecule has 0 aliphatic rings. The lowest BCUT2D eigenvalue weighted by atomic mass is 10.1. The summed E-state index contributed by atoms with van der Waals surface area (Å²) in [4.78, 5) is 12.7. The van der Waals surface area contributed by atoms with Crippen molar-refractivity contribution in [3.63, 3.8) is 0 Å². The number of hydrogen-bond donors (Lipinski definition) is 2. The summed E-state index contributed by atoms with van der Waals surface area (Å²) in [6.45, 7) is 0.576. The smallest absolute Gasteiger partial charge is 0.399 e. The minimum Gasteiger partial charge on any atom is -0.399 e. The van der Waals surface area contributed by atoms with Gasteiger partial charge in [0, 0.05) is 19.3 Å². The van der Waals surface area contributed by atoms with Crippen molar-refractivity contribution >= 4 is 17.3 Å². The molecule has 19 heavy (non-hydrogen) atoms. The summed E-state index contributed by atoms with van der Waals surface area (Å²) in [6.07, 6.45) is -4.35. The van der Waals surface area contributed by atoms with Crippen LogP contribution in [0.4, 0.5) is 24.5 Å². The highest BCUT2D eigenvalue weighted by Gasteiger charge is 2.31. The van der Waals surface area contributed by atoms with Crippen molar-refractivity contribution in [3.8, 4) is 0 Å². The van der Waals surface area contributed by atoms with Gasteiger partial charge in [-0.25, -0.2) is 0 Å². The van der Waals surface area contributed by atoms with E-state index in [-0.39, 0.29) is 17.8 Å². The third-order valence-electron chi connectivity index (χ3n) is 2.59. The molecular formula is C12H16F3N3O. The van der Waals surface area contributed by atoms with Gasteiger partial charge in [0.15, 0.2) is 0 Å². The van der Waals surface area contributed by atoms with Crippen LogP contribution >= 0.6 is 0 Å². The van der Waals surface area contributed by atoms with E-state index in [2.05, 4.69) is 5.32 Å². The van der Waals surface area contributed by atoms with Gasteiger partial charge in [0.05, 0.1) is 11.3 Å². The van der Waals surface area contributed by atoms with Crippen LogP contribution in [0.1, 0.15) is 17.3 Å². The number of nitrogen functional groups attached to an aromatic ring is 1. The SMILES string of the molecule is CCN(CC(F)(F)F)c1cc(N)ccc1C(=O)NC. The molecule has 106 valence electrons. The van der Waals surface area contributed by atoms with E-state index in [1.807, 2.05) is 0 Å². The first-order chi connectivity index (χ1) is 8.78. The van der Waals surface area contributed by atoms with Crippen LogP contribution in [0.15, 0.2) is 18.2 Å². The van der Waals surface area contributed by atoms with Crippen molar-refractivity contribution in [1.29, 1.82) is 0 Å². The first-order valence-electron chi connectivity index (χ1n) is 5.71. The third kappa shape index (κ3) is 4.04. The number of rotatable bonds is 4. The summed E-state index contributed by atoms with van der Waals surface area (Å²) in [5.74, 6) is -0.448. The van der Waals surface area contributed by atoms with E-state index in [0.29, 0.717) is 5.69 Å². The summed E-state index contributed by atoms with van der Waals surface area (Å²) in [6, 6.07) is 4.28. The maximum absolute atomic E-state index is 12.5. The first kappa shape index (κ1) is 15.1. The lowest BCUT2D eigenvalue weighted by molar-refractivity contribution is -0.119. The lowest BCUT2D eigenvalue weighted by Gasteiger charge is -2.26. The molecule has 0 saturated heterocycles. The van der Waals surface area contributed by atoms with Gasteiger partial charge in [-0.05, 0) is 25.1 Å². The van der Waals surface area contributed by atoms with Gasteiger partial charge in [-0.1, -0.05) is 0 Å². The van der Waals surface area contributed by atoms with Gasteiger partial charge in [-0.15, -0.1) is 0 Å². The van der Waals surface area contributed by atoms with Crippen LogP contribution in [0, 0.1) is 0 Å². The minimum atomic E-state index is -4.35. The number of amides is 1. The van der Waals surface area contributed by atoms with Crippen molar-refractivity contribution in [2.75, 3.05) is 30.8 Å². The minimum absolute atomic E-state index is 0.118. The topological polar surface area (TPSA) is 58.4 Å². The van der Waals surface area contributed by atoms with Crippen LogP contribution in [0.25, 0.3) is 0 Å². The van der Waals surface area contributed by atoms with Crippen LogP contribution in [-0.4, -0.2) is 32.2 Å². The van der Waals surface area contributed by atoms with E-state index in [9.17, 15) is 18.0 Å². The number of alkyl halides is 3. The number of nitrogens with two attached hydrogens (primary N) is 1. The fourth-order valence-corrected chi connectivity index (χ4v) is 1.72. The maximum Gasteiger partial charge on any atom is 0.405 e. The second-order valence-corrected chi connectivity index (χ2v) is 3.99. The Kier molecular flexibility index (Phi) is 4.63. The number of nitrogens with one attached hydrogen (secondary N) is 1. The number of hydrogen-bond acceptors (Lipinski definition) is 3. The molecule has 0 heterocycles. The Balaban J connectivity index is 3.21. The van der Waals surface area contributed by atoms with Crippen LogP contribution in [0.3, 0.4) is 0 Å². The summed E-state index contributed by atoms with van der Waals surface area (Å²) in [5.41, 5.74) is 6.24. The molecule has 0 aromatic heterocycles. The molecule has 0 radical (unpaired) electrons. The molecule has 0 saturated carbocycles. The van der Waals surface area contributed by atoms with Crippen LogP contribution in [-0.2, 0) is 0 Å². The van der Waals surface area contributed by atoms with Crippen molar-refractivity contribution in [3.05, 3.63) is 23.8 Å². The highest BCUT2D eigenvalue weighted by atomic mass is 19.4. The zero-order chi connectivity index (χ0) is 14.6. The fourth-order valence-electron chi connectivity index (χ4n) is 1.72. The average molecular weight is 275 g/mol. The number of nitrogens with zero attached hydrogens (tertiary/aromatic N) is 1. The molecule has 1 aromatic carbocycles. The predicted molar refractivity (Wildman–Crippen MR) is 68.2 cm³/mol. The van der Waals surface area contributed by atoms with Crippen LogP contribution < -0.4 is 16.0 Å². The summed E-state index contributed by atoms with van der Waals surface area (Å²) < 4.78 is 37.6. The van der Waals surface area contributed by atoms with Gasteiger partial charge in [0.25, 0.3) is 5.91 Å². The standard InChI is InChI=1S/C12H16F3N3O/c1-3-18(7-12(13,14)15)10-6-8(16)4-5-9(10)11(19)17-2/h4-6H,3,7,16H2,1-2H3,(H,17,19). The molecule has 0 aliphatic carbocycles. The van der Waals surface area contributed by atoms with Crippen molar-refractivity contribution < 1.29 is 18.0 Å². The molecule has 0 bridgehead atoms. The number of carbonyl (C=O) groups excluding carboxylic acids is 1. The molecule has 0 spiro atoms. The lowest BCUT2D eigenvalue weighted by Crippen LogP contribution is -2.35. The molecule has 0 fully saturated rings. The molecule has 1 aromatic rings. The van der Waals surface area contributed by atoms with Crippen molar-refractivity contribution in [1.82, 2.24) is 5.32 Å². The number of anilines is 2. The Morgan fingerprint density at radius 2 is 2.05 bits per heavy atom. The van der Waals surface area contributed by atoms with Gasteiger partial charge in [-0.2, -0.15) is 13.2 Å². The van der Waals surface area contributed by atoms with E-state index in [1.165, 1.54) is 25.2 Å². The number of benzene rings is 1. The molecule has 0 atom stereocenters. The molecule has 1 amide bonds. The first-order valence-corrected chi connectivity index (χ1v) is 5.71. The molecule has 7 heteroatoms. The number of carbonyl (C=O) groups is 1. The Labute approximate surface area is 109 Å². The molecule has 4 nitrogen and oxygen atoms in total. The summed E-state index contributed by atoms with van der Waals surface area (Å²) >= 11 is 0. The van der Waals surface area contributed by atoms with Crippen molar-refractivity contribution in [2.24, 2.45) is 0 Å². The zero-order valence-corrected chi connectivity index (χ0v) is 10.7. The van der Waals surface area contributed by atoms with Gasteiger partial charge < -0.3 is 16.0 Å². The second kappa shape index (κ2) is 5.81. The van der Waals surface area contributed by atoms with E-state index in [4.69, 9.17) is 5.73 Å². The monoisotopic (exact) mass is 275 g/mol. The van der Waals surface area contributed by atoms with E-state index < -0.39 is 18.6 Å². The van der Waals surface area contributed by atoms with E-state index in [0.717, 1.165) is 4.90 Å². The Bertz CT molecular complexity index is 460. The summed E-state index contributed by atoms with van der Waals surface area (Å²) in [7, 11) is 1.42. The Morgan fingerprint density at radius 3 is 2.53 bits per heavy atom. The van der Waals surface area contributed by atoms with Gasteiger partial charge in [-0.3, -0.25) is 4.79 Å². The quantitative estimate of drug-likeness (QED) is 0.826. The van der Waals surface area contributed by atoms with Gasteiger partial charge in [0.2, 0.25) is 0 Å². The highest BCUT2D eigenvalue weighted by Crippen LogP contribution is 2.27.